The summed E-state index contributed by atoms with van der Waals surface area (Å²) in [5, 5.41) is 2.77. The maximum atomic E-state index is 13.0. The molecule has 1 N–H and O–H groups in total. The molecule has 0 saturated carbocycles. The van der Waals surface area contributed by atoms with E-state index in [0.29, 0.717) is 49.7 Å². The largest absolute Gasteiger partial charge is 0.476 e. The van der Waals surface area contributed by atoms with Gasteiger partial charge in [0.2, 0.25) is 5.91 Å². The Bertz CT molecular complexity index is 857. The van der Waals surface area contributed by atoms with Gasteiger partial charge in [-0.2, -0.15) is 0 Å². The van der Waals surface area contributed by atoms with Crippen LogP contribution in [0.15, 0.2) is 48.5 Å². The molecule has 6 nitrogen and oxygen atoms in total. The summed E-state index contributed by atoms with van der Waals surface area (Å²) >= 11 is 0. The van der Waals surface area contributed by atoms with E-state index >= 15 is 0 Å². The summed E-state index contributed by atoms with van der Waals surface area (Å²) in [4.78, 5) is 25.7. The third-order valence-electron chi connectivity index (χ3n) is 4.92. The molecule has 1 amide bonds. The normalized spacial score (nSPS) is 16.8. The third-order valence-corrected chi connectivity index (χ3v) is 4.92. The number of carbonyl (C=O) groups is 2. The topological polar surface area (TPSA) is 67.9 Å². The first kappa shape index (κ1) is 21.9. The van der Waals surface area contributed by atoms with Gasteiger partial charge in [0.1, 0.15) is 18.3 Å². The summed E-state index contributed by atoms with van der Waals surface area (Å²) in [7, 11) is 0. The maximum absolute atomic E-state index is 13.0. The molecule has 1 saturated heterocycles. The number of nitrogens with one attached hydrogen (secondary N) is 1. The first-order chi connectivity index (χ1) is 14.5. The van der Waals surface area contributed by atoms with Crippen LogP contribution in [0.3, 0.4) is 0 Å². The number of hydrogen-bond donors (Lipinski definition) is 1. The van der Waals surface area contributed by atoms with Crippen LogP contribution in [0.5, 0.6) is 5.75 Å². The smallest absolute Gasteiger partial charge is 0.221 e. The molecule has 160 valence electrons. The van der Waals surface area contributed by atoms with Crippen LogP contribution >= 0.6 is 0 Å². The van der Waals surface area contributed by atoms with E-state index in [9.17, 15) is 14.0 Å². The van der Waals surface area contributed by atoms with E-state index in [1.807, 2.05) is 18.2 Å². The standard InChI is InChI=1S/C23H27FN2O4/c1-17(27)25-21-6-2-3-8-23(21)30-16-26-13-14-29-20(15-26)5-4-7-22(28)18-9-11-19(24)12-10-18/h2-3,6,8-12,20H,4-5,7,13-16H2,1H3,(H,25,27)/t20-/m1/s1. The van der Waals surface area contributed by atoms with Crippen LogP contribution in [-0.2, 0) is 9.53 Å². The average Bonchev–Trinajstić information content (AvgIpc) is 2.73. The van der Waals surface area contributed by atoms with E-state index < -0.39 is 0 Å². The van der Waals surface area contributed by atoms with Crippen molar-refractivity contribution in [2.24, 2.45) is 0 Å². The average molecular weight is 414 g/mol. The SMILES string of the molecule is CC(=O)Nc1ccccc1OCN1CCO[C@H](CCCC(=O)c2ccc(F)cc2)C1. The number of morpholine rings is 1. The first-order valence-electron chi connectivity index (χ1n) is 10.1. The minimum atomic E-state index is -0.343. The molecule has 1 aliphatic rings. The Morgan fingerprint density at radius 3 is 2.73 bits per heavy atom. The lowest BCUT2D eigenvalue weighted by Gasteiger charge is -2.32. The number of ketones is 1. The van der Waals surface area contributed by atoms with Crippen LogP contribution in [0.25, 0.3) is 0 Å². The zero-order valence-corrected chi connectivity index (χ0v) is 17.1. The number of halogens is 1. The van der Waals surface area contributed by atoms with E-state index in [1.54, 1.807) is 6.07 Å². The van der Waals surface area contributed by atoms with E-state index in [1.165, 1.54) is 31.2 Å². The highest BCUT2D eigenvalue weighted by molar-refractivity contribution is 5.95. The fraction of sp³-hybridized carbons (Fsp3) is 0.391. The lowest BCUT2D eigenvalue weighted by Crippen LogP contribution is -2.44. The van der Waals surface area contributed by atoms with Crippen LogP contribution in [0.1, 0.15) is 36.5 Å². The third kappa shape index (κ3) is 6.64. The molecule has 0 aromatic heterocycles. The summed E-state index contributed by atoms with van der Waals surface area (Å²) in [6.45, 7) is 3.93. The number of para-hydroxylation sites is 2. The highest BCUT2D eigenvalue weighted by Gasteiger charge is 2.21. The van der Waals surface area contributed by atoms with Crippen molar-refractivity contribution in [2.75, 3.05) is 31.7 Å². The number of rotatable bonds is 9. The number of nitrogens with zero attached hydrogens (tertiary/aromatic N) is 1. The lowest BCUT2D eigenvalue weighted by molar-refractivity contribution is -0.114. The maximum Gasteiger partial charge on any atom is 0.221 e. The summed E-state index contributed by atoms with van der Waals surface area (Å²) in [6.07, 6.45) is 1.92. The van der Waals surface area contributed by atoms with Crippen LogP contribution in [0, 0.1) is 5.82 Å². The van der Waals surface area contributed by atoms with Crippen LogP contribution in [0.4, 0.5) is 10.1 Å². The molecule has 0 radical (unpaired) electrons. The summed E-state index contributed by atoms with van der Waals surface area (Å²) in [5.41, 5.74) is 1.18. The lowest BCUT2D eigenvalue weighted by atomic mass is 10.0. The van der Waals surface area contributed by atoms with Crippen molar-refractivity contribution in [3.63, 3.8) is 0 Å². The molecule has 1 fully saturated rings. The van der Waals surface area contributed by atoms with Crippen molar-refractivity contribution in [1.82, 2.24) is 4.90 Å². The number of anilines is 1. The minimum Gasteiger partial charge on any atom is -0.476 e. The molecule has 1 heterocycles. The molecule has 2 aromatic rings. The van der Waals surface area contributed by atoms with Crippen LogP contribution in [0.2, 0.25) is 0 Å². The molecule has 0 spiro atoms. The number of benzene rings is 2. The Hall–Kier alpha value is -2.77. The molecule has 1 atom stereocenters. The summed E-state index contributed by atoms with van der Waals surface area (Å²) < 4.78 is 24.7. The van der Waals surface area contributed by atoms with Gasteiger partial charge in [-0.3, -0.25) is 14.5 Å². The molecule has 0 aliphatic carbocycles. The Balaban J connectivity index is 1.43. The second-order valence-corrected chi connectivity index (χ2v) is 7.34. The molecule has 3 rings (SSSR count). The fourth-order valence-electron chi connectivity index (χ4n) is 3.39. The van der Waals surface area contributed by atoms with Crippen LogP contribution < -0.4 is 10.1 Å². The number of carbonyl (C=O) groups excluding carboxylic acids is 2. The van der Waals surface area contributed by atoms with Crippen molar-refractivity contribution >= 4 is 17.4 Å². The second-order valence-electron chi connectivity index (χ2n) is 7.34. The second kappa shape index (κ2) is 10.8. The van der Waals surface area contributed by atoms with E-state index in [4.69, 9.17) is 9.47 Å². The van der Waals surface area contributed by atoms with Gasteiger partial charge < -0.3 is 14.8 Å². The van der Waals surface area contributed by atoms with E-state index in [-0.39, 0.29) is 23.6 Å². The van der Waals surface area contributed by atoms with Crippen molar-refractivity contribution in [1.29, 1.82) is 0 Å². The Kier molecular flexibility index (Phi) is 7.93. The van der Waals surface area contributed by atoms with Gasteiger partial charge in [-0.15, -0.1) is 0 Å². The summed E-state index contributed by atoms with van der Waals surface area (Å²) in [5.74, 6) is 0.151. The zero-order chi connectivity index (χ0) is 21.3. The quantitative estimate of drug-likeness (QED) is 0.631. The Morgan fingerprint density at radius 2 is 1.97 bits per heavy atom. The molecular weight excluding hydrogens is 387 g/mol. The molecule has 0 bridgehead atoms. The van der Waals surface area contributed by atoms with Gasteiger partial charge in [0, 0.05) is 32.0 Å². The highest BCUT2D eigenvalue weighted by atomic mass is 19.1. The molecule has 30 heavy (non-hydrogen) atoms. The fourth-order valence-corrected chi connectivity index (χ4v) is 3.39. The predicted octanol–water partition coefficient (Wildman–Crippen LogP) is 3.87. The summed E-state index contributed by atoms with van der Waals surface area (Å²) in [6, 6.07) is 13.0. The number of ether oxygens (including phenoxy) is 2. The van der Waals surface area contributed by atoms with Crippen molar-refractivity contribution < 1.29 is 23.5 Å². The van der Waals surface area contributed by atoms with Crippen molar-refractivity contribution in [3.8, 4) is 5.75 Å². The Labute approximate surface area is 176 Å². The molecular formula is C23H27FN2O4. The van der Waals surface area contributed by atoms with Crippen molar-refractivity contribution in [3.05, 3.63) is 59.9 Å². The number of Topliss-reactive ketones (excluding diaryl/α,β-unsaturated/α-hetero) is 1. The molecule has 2 aromatic carbocycles. The predicted molar refractivity (Wildman–Crippen MR) is 112 cm³/mol. The van der Waals surface area contributed by atoms with Gasteiger partial charge in [0.15, 0.2) is 5.78 Å². The first-order valence-corrected chi connectivity index (χ1v) is 10.1. The van der Waals surface area contributed by atoms with Gasteiger partial charge in [-0.05, 0) is 49.2 Å². The monoisotopic (exact) mass is 414 g/mol. The van der Waals surface area contributed by atoms with Gasteiger partial charge in [0.05, 0.1) is 18.4 Å². The van der Waals surface area contributed by atoms with Crippen LogP contribution in [-0.4, -0.2) is 49.1 Å². The zero-order valence-electron chi connectivity index (χ0n) is 17.1. The molecule has 0 unspecified atom stereocenters. The number of hydrogen-bond acceptors (Lipinski definition) is 5. The molecule has 1 aliphatic heterocycles. The Morgan fingerprint density at radius 1 is 1.20 bits per heavy atom. The van der Waals surface area contributed by atoms with Gasteiger partial charge in [0.25, 0.3) is 0 Å². The molecule has 7 heteroatoms. The van der Waals surface area contributed by atoms with Gasteiger partial charge >= 0.3 is 0 Å². The van der Waals surface area contributed by atoms with Gasteiger partial charge in [-0.1, -0.05) is 12.1 Å². The van der Waals surface area contributed by atoms with Crippen molar-refractivity contribution in [2.45, 2.75) is 32.3 Å². The van der Waals surface area contributed by atoms with E-state index in [0.717, 1.165) is 13.0 Å². The minimum absolute atomic E-state index is 0.0144. The van der Waals surface area contributed by atoms with Gasteiger partial charge in [-0.25, -0.2) is 4.39 Å². The van der Waals surface area contributed by atoms with E-state index in [2.05, 4.69) is 10.2 Å². The highest BCUT2D eigenvalue weighted by Crippen LogP contribution is 2.24. The number of amides is 1.